The fourth-order valence-corrected chi connectivity index (χ4v) is 10.8. The van der Waals surface area contributed by atoms with Crippen molar-refractivity contribution in [1.29, 1.82) is 0 Å². The van der Waals surface area contributed by atoms with E-state index in [-0.39, 0.29) is 18.5 Å². The van der Waals surface area contributed by atoms with Crippen LogP contribution in [-0.2, 0) is 14.3 Å². The summed E-state index contributed by atoms with van der Waals surface area (Å²) in [5, 5.41) is 23.2. The number of nitrogens with one attached hydrogen (secondary N) is 1. The Morgan fingerprint density at radius 3 is 1.00 bits per heavy atom. The van der Waals surface area contributed by atoms with Crippen molar-refractivity contribution in [2.45, 2.75) is 386 Å². The van der Waals surface area contributed by atoms with Crippen molar-refractivity contribution in [2.24, 2.45) is 0 Å². The predicted molar refractivity (Wildman–Crippen MR) is 342 cm³/mol. The molecule has 6 heteroatoms. The van der Waals surface area contributed by atoms with Gasteiger partial charge in [0.1, 0.15) is 0 Å². The second-order valence-corrected chi connectivity index (χ2v) is 23.9. The number of aliphatic hydroxyl groups excluding tert-OH is 2. The minimum Gasteiger partial charge on any atom is -0.466 e. The summed E-state index contributed by atoms with van der Waals surface area (Å²) < 4.78 is 5.50. The molecule has 3 N–H and O–H groups in total. The summed E-state index contributed by atoms with van der Waals surface area (Å²) in [6, 6.07) is -0.540. The molecule has 0 heterocycles. The number of carbonyl (C=O) groups is 2. The van der Waals surface area contributed by atoms with Crippen molar-refractivity contribution in [3.63, 3.8) is 0 Å². The van der Waals surface area contributed by atoms with Gasteiger partial charge >= 0.3 is 5.97 Å². The maximum absolute atomic E-state index is 12.5. The van der Waals surface area contributed by atoms with Crippen molar-refractivity contribution in [3.8, 4) is 0 Å². The number of hydrogen-bond donors (Lipinski definition) is 3. The molecule has 0 bridgehead atoms. The Bertz CT molecular complexity index is 1310. The van der Waals surface area contributed by atoms with Crippen LogP contribution in [0.25, 0.3) is 0 Å². The average molecular weight is 1090 g/mol. The number of esters is 1. The van der Waals surface area contributed by atoms with Gasteiger partial charge in [-0.1, -0.05) is 319 Å². The highest BCUT2D eigenvalue weighted by molar-refractivity contribution is 5.76. The lowest BCUT2D eigenvalue weighted by atomic mass is 10.0. The molecule has 2 unspecified atom stereocenters. The number of amides is 1. The smallest absolute Gasteiger partial charge is 0.305 e. The highest BCUT2D eigenvalue weighted by atomic mass is 16.5. The molecule has 0 spiro atoms. The quantitative estimate of drug-likeness (QED) is 0.0320. The topological polar surface area (TPSA) is 95.9 Å². The van der Waals surface area contributed by atoms with Gasteiger partial charge in [-0.15, -0.1) is 0 Å². The van der Waals surface area contributed by atoms with E-state index in [0.717, 1.165) is 57.8 Å². The van der Waals surface area contributed by atoms with E-state index in [4.69, 9.17) is 4.74 Å². The first-order valence-corrected chi connectivity index (χ1v) is 34.9. The molecule has 2 atom stereocenters. The number of carbonyl (C=O) groups excluding carboxylic acids is 2. The Morgan fingerprint density at radius 1 is 0.359 bits per heavy atom. The summed E-state index contributed by atoms with van der Waals surface area (Å²) >= 11 is 0. The van der Waals surface area contributed by atoms with Crippen LogP contribution in [0.5, 0.6) is 0 Å². The van der Waals surface area contributed by atoms with Crippen molar-refractivity contribution in [2.75, 3.05) is 13.2 Å². The Balaban J connectivity index is 3.37. The fourth-order valence-electron chi connectivity index (χ4n) is 10.8. The SMILES string of the molecule is CCCCC/C=C\C/C=C\CCCCCCCCCCCC(=O)OCCCCCCCCCCC/C=C\C/C=C\CCCCCCCCCCCCCCCCCC(=O)NC(CO)C(O)CCCCCCCCCCCCC. The molecule has 6 nitrogen and oxygen atoms in total. The molecule has 0 saturated carbocycles. The van der Waals surface area contributed by atoms with E-state index in [9.17, 15) is 19.8 Å². The van der Waals surface area contributed by atoms with Crippen LogP contribution in [0.1, 0.15) is 373 Å². The molecular formula is C72H135NO5. The van der Waals surface area contributed by atoms with Gasteiger partial charge in [-0.05, 0) is 89.9 Å². The van der Waals surface area contributed by atoms with Crippen molar-refractivity contribution in [1.82, 2.24) is 5.32 Å². The number of hydrogen-bond acceptors (Lipinski definition) is 5. The lowest BCUT2D eigenvalue weighted by molar-refractivity contribution is -0.143. The standard InChI is InChI=1S/C72H135NO5/c1-3-5-7-9-11-13-15-16-17-18-32-36-39-42-46-50-54-58-62-66-72(77)78-67-63-59-55-51-47-43-40-37-34-31-29-27-25-23-21-19-20-22-24-26-28-30-33-35-38-41-45-49-53-57-61-65-71(76)73-69(68-74)70(75)64-60-56-52-48-44-14-12-10-8-6-4-2/h11,13,16-17,21,23,27,29,69-70,74-75H,3-10,12,14-15,18-20,22,24-26,28,30-68H2,1-2H3,(H,73,76)/b13-11-,17-16-,23-21-,29-27-. The minimum atomic E-state index is -0.663. The van der Waals surface area contributed by atoms with E-state index in [1.807, 2.05) is 0 Å². The van der Waals surface area contributed by atoms with E-state index >= 15 is 0 Å². The normalized spacial score (nSPS) is 12.8. The molecular weight excluding hydrogens is 959 g/mol. The zero-order chi connectivity index (χ0) is 56.4. The van der Waals surface area contributed by atoms with Gasteiger partial charge < -0.3 is 20.3 Å². The summed E-state index contributed by atoms with van der Waals surface area (Å²) in [5.41, 5.74) is 0. The van der Waals surface area contributed by atoms with Gasteiger partial charge in [0.05, 0.1) is 25.4 Å². The summed E-state index contributed by atoms with van der Waals surface area (Å²) in [7, 11) is 0. The fraction of sp³-hybridized carbons (Fsp3) is 0.861. The molecule has 0 rings (SSSR count). The lowest BCUT2D eigenvalue weighted by Crippen LogP contribution is -2.45. The monoisotopic (exact) mass is 1090 g/mol. The van der Waals surface area contributed by atoms with E-state index in [0.29, 0.717) is 25.9 Å². The van der Waals surface area contributed by atoms with Crippen LogP contribution in [0.3, 0.4) is 0 Å². The van der Waals surface area contributed by atoms with Crippen LogP contribution in [0, 0.1) is 0 Å². The van der Waals surface area contributed by atoms with Crippen molar-refractivity contribution >= 4 is 11.9 Å². The summed E-state index contributed by atoms with van der Waals surface area (Å²) in [6.45, 7) is 4.93. The Kier molecular flexibility index (Phi) is 65.4. The summed E-state index contributed by atoms with van der Waals surface area (Å²) in [4.78, 5) is 24.6. The number of rotatable bonds is 65. The second kappa shape index (κ2) is 67.3. The maximum Gasteiger partial charge on any atom is 0.305 e. The Hall–Kier alpha value is -2.18. The first-order valence-electron chi connectivity index (χ1n) is 34.9. The van der Waals surface area contributed by atoms with E-state index in [1.165, 1.54) is 283 Å². The molecule has 0 aliphatic rings. The molecule has 0 saturated heterocycles. The Labute approximate surface area is 486 Å². The number of allylic oxidation sites excluding steroid dienone is 8. The zero-order valence-electron chi connectivity index (χ0n) is 52.4. The summed E-state index contributed by atoms with van der Waals surface area (Å²) in [5.74, 6) is -0.0249. The van der Waals surface area contributed by atoms with Gasteiger partial charge in [0.15, 0.2) is 0 Å². The highest BCUT2D eigenvalue weighted by Crippen LogP contribution is 2.18. The van der Waals surface area contributed by atoms with Crippen LogP contribution in [0.4, 0.5) is 0 Å². The Morgan fingerprint density at radius 2 is 0.641 bits per heavy atom. The van der Waals surface area contributed by atoms with Crippen molar-refractivity contribution < 1.29 is 24.5 Å². The molecule has 0 aliphatic heterocycles. The van der Waals surface area contributed by atoms with Crippen LogP contribution >= 0.6 is 0 Å². The van der Waals surface area contributed by atoms with Gasteiger partial charge in [0, 0.05) is 12.8 Å². The van der Waals surface area contributed by atoms with Crippen LogP contribution in [0.15, 0.2) is 48.6 Å². The molecule has 0 aromatic carbocycles. The third-order valence-electron chi connectivity index (χ3n) is 16.1. The van der Waals surface area contributed by atoms with Gasteiger partial charge in [0.25, 0.3) is 0 Å². The summed E-state index contributed by atoms with van der Waals surface area (Å²) in [6.07, 6.45) is 87.3. The third kappa shape index (κ3) is 63.0. The van der Waals surface area contributed by atoms with Gasteiger partial charge in [0.2, 0.25) is 5.91 Å². The first-order chi connectivity index (χ1) is 38.5. The molecule has 0 radical (unpaired) electrons. The van der Waals surface area contributed by atoms with E-state index in [2.05, 4.69) is 67.8 Å². The molecule has 78 heavy (non-hydrogen) atoms. The zero-order valence-corrected chi connectivity index (χ0v) is 52.4. The predicted octanol–water partition coefficient (Wildman–Crippen LogP) is 22.5. The number of ether oxygens (including phenoxy) is 1. The second-order valence-electron chi connectivity index (χ2n) is 23.9. The van der Waals surface area contributed by atoms with Gasteiger partial charge in [-0.2, -0.15) is 0 Å². The molecule has 0 aromatic heterocycles. The highest BCUT2D eigenvalue weighted by Gasteiger charge is 2.20. The minimum absolute atomic E-state index is 0.00944. The van der Waals surface area contributed by atoms with Crippen LogP contribution < -0.4 is 5.32 Å². The van der Waals surface area contributed by atoms with Crippen molar-refractivity contribution in [3.05, 3.63) is 48.6 Å². The molecule has 0 aromatic rings. The third-order valence-corrected chi connectivity index (χ3v) is 16.1. The van der Waals surface area contributed by atoms with E-state index in [1.54, 1.807) is 0 Å². The molecule has 458 valence electrons. The first kappa shape index (κ1) is 75.8. The van der Waals surface area contributed by atoms with Gasteiger partial charge in [-0.3, -0.25) is 9.59 Å². The molecule has 0 aliphatic carbocycles. The number of aliphatic hydroxyl groups is 2. The van der Waals surface area contributed by atoms with E-state index < -0.39 is 12.1 Å². The largest absolute Gasteiger partial charge is 0.466 e. The molecule has 1 amide bonds. The average Bonchev–Trinajstić information content (AvgIpc) is 3.44. The van der Waals surface area contributed by atoms with Gasteiger partial charge in [-0.25, -0.2) is 0 Å². The lowest BCUT2D eigenvalue weighted by Gasteiger charge is -2.22. The maximum atomic E-state index is 12.5. The number of unbranched alkanes of at least 4 members (excludes halogenated alkanes) is 46. The van der Waals surface area contributed by atoms with Crippen LogP contribution in [-0.4, -0.2) is 47.4 Å². The molecule has 0 fully saturated rings. The van der Waals surface area contributed by atoms with Crippen LogP contribution in [0.2, 0.25) is 0 Å².